The minimum absolute atomic E-state index is 0.173. The van der Waals surface area contributed by atoms with Crippen LogP contribution < -0.4 is 0 Å². The van der Waals surface area contributed by atoms with Crippen molar-refractivity contribution in [3.05, 3.63) is 40.7 Å². The molecule has 142 valence electrons. The van der Waals surface area contributed by atoms with E-state index in [0.29, 0.717) is 43.0 Å². The van der Waals surface area contributed by atoms with Gasteiger partial charge in [-0.15, -0.1) is 16.4 Å². The highest BCUT2D eigenvalue weighted by atomic mass is 32.2. The number of aromatic nitrogens is 5. The second-order valence-electron chi connectivity index (χ2n) is 5.65. The summed E-state index contributed by atoms with van der Waals surface area (Å²) in [6.07, 6.45) is 1.38. The minimum Gasteiger partial charge on any atom is -0.379 e. The summed E-state index contributed by atoms with van der Waals surface area (Å²) >= 11 is 2.92. The summed E-state index contributed by atoms with van der Waals surface area (Å²) < 4.78 is 33.6. The Kier molecular flexibility index (Phi) is 5.50. The molecule has 0 aliphatic carbocycles. The Morgan fingerprint density at radius 2 is 2.07 bits per heavy atom. The number of hydrogen-bond donors (Lipinski definition) is 0. The van der Waals surface area contributed by atoms with E-state index in [-0.39, 0.29) is 4.90 Å². The Hall–Kier alpha value is -1.86. The van der Waals surface area contributed by atoms with Crippen LogP contribution in [0.15, 0.2) is 50.9 Å². The lowest BCUT2D eigenvalue weighted by Gasteiger charge is -2.25. The van der Waals surface area contributed by atoms with Gasteiger partial charge < -0.3 is 4.74 Å². The molecule has 0 atom stereocenters. The molecule has 0 N–H and O–H groups in total. The van der Waals surface area contributed by atoms with Gasteiger partial charge in [0, 0.05) is 24.2 Å². The number of thiophene rings is 1. The van der Waals surface area contributed by atoms with Gasteiger partial charge in [-0.2, -0.15) is 4.31 Å². The molecule has 0 aromatic carbocycles. The van der Waals surface area contributed by atoms with Crippen molar-refractivity contribution in [2.45, 2.75) is 21.6 Å². The fraction of sp³-hybridized carbons (Fsp3) is 0.333. The zero-order valence-corrected chi connectivity index (χ0v) is 16.6. The SMILES string of the molecule is O=S(=O)(c1ccc(Sc2nnnn2Cc2cccs2)nc1)N1CCOCC1. The highest BCUT2D eigenvalue weighted by Crippen LogP contribution is 2.26. The Labute approximate surface area is 164 Å². The van der Waals surface area contributed by atoms with Crippen LogP contribution in [-0.4, -0.2) is 64.2 Å². The first kappa shape index (κ1) is 18.5. The van der Waals surface area contributed by atoms with Gasteiger partial charge >= 0.3 is 0 Å². The van der Waals surface area contributed by atoms with Crippen molar-refractivity contribution in [1.82, 2.24) is 29.5 Å². The lowest BCUT2D eigenvalue weighted by atomic mass is 10.5. The maximum Gasteiger partial charge on any atom is 0.244 e. The van der Waals surface area contributed by atoms with E-state index in [4.69, 9.17) is 4.74 Å². The number of rotatable bonds is 6. The number of ether oxygens (including phenoxy) is 1. The Morgan fingerprint density at radius 3 is 2.78 bits per heavy atom. The van der Waals surface area contributed by atoms with Crippen LogP contribution in [0.4, 0.5) is 0 Å². The van der Waals surface area contributed by atoms with Crippen molar-refractivity contribution in [2.75, 3.05) is 26.3 Å². The zero-order chi connectivity index (χ0) is 18.7. The molecule has 12 heteroatoms. The summed E-state index contributed by atoms with van der Waals surface area (Å²) in [6, 6.07) is 7.23. The number of pyridine rings is 1. The monoisotopic (exact) mass is 424 g/mol. The lowest BCUT2D eigenvalue weighted by molar-refractivity contribution is 0.0730. The third-order valence-corrected chi connectivity index (χ3v) is 7.57. The summed E-state index contributed by atoms with van der Waals surface area (Å²) in [6.45, 7) is 2.12. The van der Waals surface area contributed by atoms with Crippen LogP contribution in [0, 0.1) is 0 Å². The molecule has 4 heterocycles. The van der Waals surface area contributed by atoms with Crippen LogP contribution in [0.25, 0.3) is 0 Å². The molecule has 0 radical (unpaired) electrons. The Balaban J connectivity index is 1.48. The average Bonchev–Trinajstić information content (AvgIpc) is 3.36. The van der Waals surface area contributed by atoms with Crippen molar-refractivity contribution >= 4 is 33.1 Å². The molecule has 4 rings (SSSR count). The molecule has 27 heavy (non-hydrogen) atoms. The lowest BCUT2D eigenvalue weighted by Crippen LogP contribution is -2.40. The molecule has 0 amide bonds. The van der Waals surface area contributed by atoms with Crippen LogP contribution in [-0.2, 0) is 21.3 Å². The largest absolute Gasteiger partial charge is 0.379 e. The first-order valence-corrected chi connectivity index (χ1v) is 11.3. The van der Waals surface area contributed by atoms with Gasteiger partial charge in [0.2, 0.25) is 15.2 Å². The normalized spacial score (nSPS) is 15.9. The van der Waals surface area contributed by atoms with Crippen LogP contribution in [0.3, 0.4) is 0 Å². The number of hydrogen-bond acceptors (Lipinski definition) is 9. The molecule has 9 nitrogen and oxygen atoms in total. The molecule has 0 unspecified atom stereocenters. The van der Waals surface area contributed by atoms with Crippen LogP contribution in [0.1, 0.15) is 4.88 Å². The number of sulfonamides is 1. The van der Waals surface area contributed by atoms with Crippen LogP contribution in [0.2, 0.25) is 0 Å². The number of tetrazole rings is 1. The highest BCUT2D eigenvalue weighted by molar-refractivity contribution is 7.99. The highest BCUT2D eigenvalue weighted by Gasteiger charge is 2.26. The summed E-state index contributed by atoms with van der Waals surface area (Å²) in [7, 11) is -3.55. The average molecular weight is 425 g/mol. The van der Waals surface area contributed by atoms with E-state index < -0.39 is 10.0 Å². The van der Waals surface area contributed by atoms with E-state index in [1.807, 2.05) is 17.5 Å². The fourth-order valence-electron chi connectivity index (χ4n) is 2.53. The van der Waals surface area contributed by atoms with Gasteiger partial charge in [0.05, 0.1) is 19.8 Å². The van der Waals surface area contributed by atoms with Gasteiger partial charge in [-0.05, 0) is 45.8 Å². The molecule has 1 fully saturated rings. The summed E-state index contributed by atoms with van der Waals surface area (Å²) in [5.41, 5.74) is 0. The van der Waals surface area contributed by atoms with E-state index in [9.17, 15) is 8.42 Å². The third kappa shape index (κ3) is 4.19. The summed E-state index contributed by atoms with van der Waals surface area (Å²) in [5, 5.41) is 15.0. The molecule has 3 aromatic heterocycles. The van der Waals surface area contributed by atoms with Gasteiger partial charge in [-0.1, -0.05) is 6.07 Å². The van der Waals surface area contributed by atoms with Gasteiger partial charge in [-0.3, -0.25) is 0 Å². The summed E-state index contributed by atoms with van der Waals surface area (Å²) in [5.74, 6) is 0. The minimum atomic E-state index is -3.55. The standard InChI is InChI=1S/C15H16N6O3S3/c22-27(23,20-5-7-24-8-6-20)13-3-4-14(16-10-13)26-15-17-18-19-21(15)11-12-2-1-9-25-12/h1-4,9-10H,5-8,11H2. The smallest absolute Gasteiger partial charge is 0.244 e. The van der Waals surface area contributed by atoms with Crippen molar-refractivity contribution in [3.8, 4) is 0 Å². The van der Waals surface area contributed by atoms with E-state index in [0.717, 1.165) is 4.88 Å². The van der Waals surface area contributed by atoms with E-state index in [1.54, 1.807) is 28.2 Å². The maximum atomic E-state index is 12.6. The van der Waals surface area contributed by atoms with E-state index in [1.165, 1.54) is 22.3 Å². The molecule has 1 aliphatic rings. The molecule has 1 aliphatic heterocycles. The first-order valence-electron chi connectivity index (χ1n) is 8.13. The van der Waals surface area contributed by atoms with E-state index >= 15 is 0 Å². The van der Waals surface area contributed by atoms with Crippen molar-refractivity contribution in [2.24, 2.45) is 0 Å². The molecule has 1 saturated heterocycles. The van der Waals surface area contributed by atoms with Crippen molar-refractivity contribution in [1.29, 1.82) is 0 Å². The quantitative estimate of drug-likeness (QED) is 0.584. The zero-order valence-electron chi connectivity index (χ0n) is 14.1. The second kappa shape index (κ2) is 8.02. The first-order chi connectivity index (χ1) is 13.1. The second-order valence-corrected chi connectivity index (χ2v) is 9.61. The van der Waals surface area contributed by atoms with Crippen molar-refractivity contribution < 1.29 is 13.2 Å². The van der Waals surface area contributed by atoms with Crippen LogP contribution >= 0.6 is 23.1 Å². The maximum absolute atomic E-state index is 12.6. The molecule has 0 saturated carbocycles. The predicted octanol–water partition coefficient (Wildman–Crippen LogP) is 1.35. The van der Waals surface area contributed by atoms with Gasteiger partial charge in [0.25, 0.3) is 0 Å². The van der Waals surface area contributed by atoms with E-state index in [2.05, 4.69) is 20.5 Å². The molecular formula is C15H16N6O3S3. The van der Waals surface area contributed by atoms with Crippen molar-refractivity contribution in [3.63, 3.8) is 0 Å². The van der Waals surface area contributed by atoms with Crippen LogP contribution in [0.5, 0.6) is 0 Å². The topological polar surface area (TPSA) is 103 Å². The molecule has 3 aromatic rings. The molecule has 0 bridgehead atoms. The number of morpholine rings is 1. The number of nitrogens with zero attached hydrogens (tertiary/aromatic N) is 6. The molecule has 0 spiro atoms. The third-order valence-electron chi connectivity index (χ3n) is 3.90. The van der Waals surface area contributed by atoms with Gasteiger partial charge in [-0.25, -0.2) is 18.1 Å². The summed E-state index contributed by atoms with van der Waals surface area (Å²) in [4.78, 5) is 5.59. The fourth-order valence-corrected chi connectivity index (χ4v) is 5.28. The Morgan fingerprint density at radius 1 is 1.22 bits per heavy atom. The predicted molar refractivity (Wildman–Crippen MR) is 99.2 cm³/mol. The van der Waals surface area contributed by atoms with Gasteiger partial charge in [0.1, 0.15) is 9.92 Å². The Bertz CT molecular complexity index is 982. The van der Waals surface area contributed by atoms with Gasteiger partial charge in [0.15, 0.2) is 0 Å². The molecular weight excluding hydrogens is 408 g/mol.